The van der Waals surface area contributed by atoms with Gasteiger partial charge in [0.2, 0.25) is 0 Å². The van der Waals surface area contributed by atoms with E-state index >= 15 is 0 Å². The molecule has 2 rings (SSSR count). The molecule has 1 aliphatic carbocycles. The molecule has 0 aliphatic heterocycles. The summed E-state index contributed by atoms with van der Waals surface area (Å²) in [5, 5.41) is 11.0. The Kier molecular flexibility index (Phi) is 5.69. The second-order valence-electron chi connectivity index (χ2n) is 6.84. The van der Waals surface area contributed by atoms with Crippen molar-refractivity contribution in [3.8, 4) is 5.75 Å². The average molecular weight is 290 g/mol. The molecule has 1 aliphatic rings. The Labute approximate surface area is 129 Å². The summed E-state index contributed by atoms with van der Waals surface area (Å²) in [5.41, 5.74) is 0.406. The lowest BCUT2D eigenvalue weighted by Gasteiger charge is -2.28. The number of aliphatic hydroxyl groups is 1. The van der Waals surface area contributed by atoms with E-state index in [0.717, 1.165) is 61.9 Å². The van der Waals surface area contributed by atoms with Gasteiger partial charge in [0.1, 0.15) is 5.75 Å². The zero-order valence-electron chi connectivity index (χ0n) is 13.8. The fourth-order valence-corrected chi connectivity index (χ4v) is 3.39. The molecule has 1 aromatic rings. The molecule has 118 valence electrons. The van der Waals surface area contributed by atoms with Crippen LogP contribution in [0, 0.1) is 11.8 Å². The zero-order chi connectivity index (χ0) is 15.3. The topological polar surface area (TPSA) is 29.5 Å². The highest BCUT2D eigenvalue weighted by molar-refractivity contribution is 5.31. The van der Waals surface area contributed by atoms with Gasteiger partial charge in [0.05, 0.1) is 12.2 Å². The Balaban J connectivity index is 2.05. The van der Waals surface area contributed by atoms with Gasteiger partial charge in [-0.05, 0) is 61.6 Å². The lowest BCUT2D eigenvalue weighted by molar-refractivity contribution is 0.0191. The average Bonchev–Trinajstić information content (AvgIpc) is 2.68. The van der Waals surface area contributed by atoms with Crippen molar-refractivity contribution in [3.63, 3.8) is 0 Å². The van der Waals surface area contributed by atoms with Crippen LogP contribution in [0.1, 0.15) is 64.9 Å². The summed E-state index contributed by atoms with van der Waals surface area (Å²) >= 11 is 0. The quantitative estimate of drug-likeness (QED) is 0.782. The van der Waals surface area contributed by atoms with Gasteiger partial charge < -0.3 is 9.84 Å². The van der Waals surface area contributed by atoms with Crippen LogP contribution in [-0.4, -0.2) is 11.7 Å². The summed E-state index contributed by atoms with van der Waals surface area (Å²) in [7, 11) is 0. The molecule has 2 heteroatoms. The number of rotatable bonds is 5. The third kappa shape index (κ3) is 4.23. The lowest BCUT2D eigenvalue weighted by atomic mass is 9.85. The van der Waals surface area contributed by atoms with E-state index in [4.69, 9.17) is 4.74 Å². The van der Waals surface area contributed by atoms with E-state index in [2.05, 4.69) is 20.8 Å². The molecule has 1 saturated carbocycles. The minimum atomic E-state index is -0.646. The highest BCUT2D eigenvalue weighted by atomic mass is 16.5. The first-order chi connectivity index (χ1) is 10.0. The minimum Gasteiger partial charge on any atom is -0.494 e. The molecule has 1 fully saturated rings. The first-order valence-corrected chi connectivity index (χ1v) is 8.51. The summed E-state index contributed by atoms with van der Waals surface area (Å²) in [4.78, 5) is 0. The van der Waals surface area contributed by atoms with Crippen LogP contribution in [-0.2, 0) is 5.60 Å². The van der Waals surface area contributed by atoms with Gasteiger partial charge in [0, 0.05) is 0 Å². The molecule has 1 aromatic carbocycles. The van der Waals surface area contributed by atoms with E-state index in [1.807, 2.05) is 24.3 Å². The first-order valence-electron chi connectivity index (χ1n) is 8.51. The van der Waals surface area contributed by atoms with Gasteiger partial charge in [-0.2, -0.15) is 0 Å². The van der Waals surface area contributed by atoms with Crippen LogP contribution in [0.5, 0.6) is 5.75 Å². The van der Waals surface area contributed by atoms with Crippen LogP contribution in [0.2, 0.25) is 0 Å². The van der Waals surface area contributed by atoms with Crippen molar-refractivity contribution in [1.82, 2.24) is 0 Å². The molecule has 0 radical (unpaired) electrons. The number of hydrogen-bond donors (Lipinski definition) is 1. The molecule has 0 saturated heterocycles. The lowest BCUT2D eigenvalue weighted by Crippen LogP contribution is -2.25. The summed E-state index contributed by atoms with van der Waals surface area (Å²) in [6.45, 7) is 7.46. The van der Waals surface area contributed by atoms with Gasteiger partial charge in [-0.15, -0.1) is 0 Å². The Morgan fingerprint density at radius 2 is 1.90 bits per heavy atom. The fraction of sp³-hybridized carbons (Fsp3) is 0.684. The highest BCUT2D eigenvalue weighted by Gasteiger charge is 2.33. The van der Waals surface area contributed by atoms with E-state index < -0.39 is 5.60 Å². The van der Waals surface area contributed by atoms with E-state index in [9.17, 15) is 5.11 Å². The maximum atomic E-state index is 11.0. The van der Waals surface area contributed by atoms with Crippen LogP contribution in [0.3, 0.4) is 0 Å². The minimum absolute atomic E-state index is 0.646. The zero-order valence-corrected chi connectivity index (χ0v) is 13.8. The molecule has 0 amide bonds. The van der Waals surface area contributed by atoms with Crippen molar-refractivity contribution in [2.24, 2.45) is 11.8 Å². The molecule has 0 heterocycles. The van der Waals surface area contributed by atoms with Crippen molar-refractivity contribution in [3.05, 3.63) is 29.8 Å². The van der Waals surface area contributed by atoms with Gasteiger partial charge in [0.25, 0.3) is 0 Å². The molecular weight excluding hydrogens is 260 g/mol. The van der Waals surface area contributed by atoms with Crippen molar-refractivity contribution in [2.45, 2.75) is 64.9 Å². The third-order valence-electron chi connectivity index (χ3n) is 4.90. The molecule has 21 heavy (non-hydrogen) atoms. The first kappa shape index (κ1) is 16.4. The van der Waals surface area contributed by atoms with Gasteiger partial charge in [0.15, 0.2) is 0 Å². The summed E-state index contributed by atoms with van der Waals surface area (Å²) in [6, 6.07) is 8.07. The van der Waals surface area contributed by atoms with E-state index in [-0.39, 0.29) is 0 Å². The second kappa shape index (κ2) is 7.31. The van der Waals surface area contributed by atoms with Gasteiger partial charge in [-0.1, -0.05) is 39.3 Å². The number of ether oxygens (including phenoxy) is 1. The van der Waals surface area contributed by atoms with E-state index in [1.165, 1.54) is 6.42 Å². The highest BCUT2D eigenvalue weighted by Crippen LogP contribution is 2.40. The van der Waals surface area contributed by atoms with Gasteiger partial charge in [-0.3, -0.25) is 0 Å². The summed E-state index contributed by atoms with van der Waals surface area (Å²) in [5.74, 6) is 2.38. The smallest absolute Gasteiger partial charge is 0.119 e. The molecule has 0 spiro atoms. The maximum absolute atomic E-state index is 11.0. The Bertz CT molecular complexity index is 424. The van der Waals surface area contributed by atoms with Crippen LogP contribution >= 0.6 is 0 Å². The van der Waals surface area contributed by atoms with E-state index in [1.54, 1.807) is 0 Å². The van der Waals surface area contributed by atoms with Crippen LogP contribution in [0.4, 0.5) is 0 Å². The van der Waals surface area contributed by atoms with Crippen molar-refractivity contribution in [2.75, 3.05) is 6.61 Å². The fourth-order valence-electron chi connectivity index (χ4n) is 3.39. The molecular formula is C19H30O2. The van der Waals surface area contributed by atoms with Gasteiger partial charge >= 0.3 is 0 Å². The summed E-state index contributed by atoms with van der Waals surface area (Å²) < 4.78 is 5.62. The number of hydrogen-bond acceptors (Lipinski definition) is 2. The van der Waals surface area contributed by atoms with Crippen molar-refractivity contribution < 1.29 is 9.84 Å². The molecule has 0 aromatic heterocycles. The van der Waals surface area contributed by atoms with Crippen LogP contribution in [0.15, 0.2) is 24.3 Å². The van der Waals surface area contributed by atoms with Gasteiger partial charge in [-0.25, -0.2) is 0 Å². The van der Waals surface area contributed by atoms with Crippen molar-refractivity contribution >= 4 is 0 Å². The maximum Gasteiger partial charge on any atom is 0.119 e. The predicted octanol–water partition coefficient (Wildman–Crippen LogP) is 4.90. The Hall–Kier alpha value is -1.02. The molecule has 2 nitrogen and oxygen atoms in total. The predicted molar refractivity (Wildman–Crippen MR) is 87.5 cm³/mol. The number of benzene rings is 1. The molecule has 1 N–H and O–H groups in total. The second-order valence-corrected chi connectivity index (χ2v) is 6.84. The molecule has 2 unspecified atom stereocenters. The third-order valence-corrected chi connectivity index (χ3v) is 4.90. The molecule has 0 bridgehead atoms. The molecule has 2 atom stereocenters. The van der Waals surface area contributed by atoms with Crippen LogP contribution in [0.25, 0.3) is 0 Å². The SMILES string of the molecule is CCCOc1ccc(C2(O)CCCC(C(C)C)CC2)cc1. The summed E-state index contributed by atoms with van der Waals surface area (Å²) in [6.07, 6.45) is 6.27. The standard InChI is InChI=1S/C19H30O2/c1-4-14-21-18-9-7-17(8-10-18)19(20)12-5-6-16(11-13-19)15(2)3/h7-10,15-16,20H,4-6,11-14H2,1-3H3. The monoisotopic (exact) mass is 290 g/mol. The largest absolute Gasteiger partial charge is 0.494 e. The van der Waals surface area contributed by atoms with Crippen molar-refractivity contribution in [1.29, 1.82) is 0 Å². The Morgan fingerprint density at radius 1 is 1.19 bits per heavy atom. The normalized spacial score (nSPS) is 26.6. The van der Waals surface area contributed by atoms with E-state index in [0.29, 0.717) is 0 Å². The Morgan fingerprint density at radius 3 is 2.52 bits per heavy atom. The van der Waals surface area contributed by atoms with Crippen LogP contribution < -0.4 is 4.74 Å².